The molecule has 0 saturated heterocycles. The maximum absolute atomic E-state index is 11.9. The molecule has 1 aromatic heterocycles. The Bertz CT molecular complexity index is 489. The highest BCUT2D eigenvalue weighted by Crippen LogP contribution is 2.21. The highest BCUT2D eigenvalue weighted by atomic mass is 16.4. The van der Waals surface area contributed by atoms with Crippen LogP contribution in [0.1, 0.15) is 45.6 Å². The Balaban J connectivity index is 2.43. The predicted molar refractivity (Wildman–Crippen MR) is 79.8 cm³/mol. The maximum atomic E-state index is 11.9. The van der Waals surface area contributed by atoms with Crippen molar-refractivity contribution in [3.63, 3.8) is 0 Å². The second-order valence-electron chi connectivity index (χ2n) is 6.58. The van der Waals surface area contributed by atoms with Crippen LogP contribution in [0.25, 0.3) is 0 Å². The van der Waals surface area contributed by atoms with Gasteiger partial charge in [0.2, 0.25) is 5.91 Å². The van der Waals surface area contributed by atoms with Crippen LogP contribution in [-0.4, -0.2) is 32.8 Å². The first-order valence-electron chi connectivity index (χ1n) is 7.17. The van der Waals surface area contributed by atoms with Gasteiger partial charge in [0.25, 0.3) is 0 Å². The number of nitrogens with zero attached hydrogens (tertiary/aromatic N) is 2. The van der Waals surface area contributed by atoms with Crippen LogP contribution in [0, 0.1) is 5.41 Å². The van der Waals surface area contributed by atoms with Gasteiger partial charge in [-0.15, -0.1) is 0 Å². The number of carbonyl (C=O) groups is 2. The van der Waals surface area contributed by atoms with Gasteiger partial charge in [-0.25, -0.2) is 4.79 Å². The van der Waals surface area contributed by atoms with Gasteiger partial charge >= 0.3 is 5.97 Å². The Morgan fingerprint density at radius 2 is 2.10 bits per heavy atom. The van der Waals surface area contributed by atoms with E-state index in [9.17, 15) is 14.7 Å². The second-order valence-corrected chi connectivity index (χ2v) is 6.58. The van der Waals surface area contributed by atoms with E-state index in [2.05, 4.69) is 31.2 Å². The van der Waals surface area contributed by atoms with Crippen LogP contribution < -0.4 is 5.32 Å². The standard InChI is InChI=1S/C15H25N3O3/c1-15(2,3)8-7-12(14(20)21)17-13(19)6-5-11-9-16-18(4)10-11/h9-10,12H,5-8H2,1-4H3,(H,17,19)(H,20,21). The molecule has 2 N–H and O–H groups in total. The summed E-state index contributed by atoms with van der Waals surface area (Å²) >= 11 is 0. The van der Waals surface area contributed by atoms with E-state index in [1.54, 1.807) is 10.9 Å². The molecule has 0 fully saturated rings. The summed E-state index contributed by atoms with van der Waals surface area (Å²) in [7, 11) is 1.82. The van der Waals surface area contributed by atoms with Gasteiger partial charge in [-0.1, -0.05) is 20.8 Å². The molecule has 0 aromatic carbocycles. The first-order chi connectivity index (χ1) is 9.67. The molecule has 1 atom stereocenters. The summed E-state index contributed by atoms with van der Waals surface area (Å²) in [5, 5.41) is 15.8. The third-order valence-corrected chi connectivity index (χ3v) is 3.22. The van der Waals surface area contributed by atoms with Crippen LogP contribution >= 0.6 is 0 Å². The van der Waals surface area contributed by atoms with Crippen molar-refractivity contribution >= 4 is 11.9 Å². The van der Waals surface area contributed by atoms with Crippen molar-refractivity contribution < 1.29 is 14.7 Å². The molecule has 1 rings (SSSR count). The fourth-order valence-electron chi connectivity index (χ4n) is 1.96. The van der Waals surface area contributed by atoms with E-state index in [1.165, 1.54) is 0 Å². The number of carboxylic acids is 1. The number of aliphatic carboxylic acids is 1. The van der Waals surface area contributed by atoms with Crippen molar-refractivity contribution in [2.24, 2.45) is 12.5 Å². The van der Waals surface area contributed by atoms with E-state index < -0.39 is 12.0 Å². The molecule has 0 saturated carbocycles. The molecule has 1 amide bonds. The highest BCUT2D eigenvalue weighted by molar-refractivity contribution is 5.83. The van der Waals surface area contributed by atoms with E-state index >= 15 is 0 Å². The topological polar surface area (TPSA) is 84.2 Å². The monoisotopic (exact) mass is 295 g/mol. The van der Waals surface area contributed by atoms with Crippen LogP contribution in [0.4, 0.5) is 0 Å². The SMILES string of the molecule is Cn1cc(CCC(=O)NC(CCC(C)(C)C)C(=O)O)cn1. The van der Waals surface area contributed by atoms with E-state index in [0.717, 1.165) is 12.0 Å². The van der Waals surface area contributed by atoms with Crippen LogP contribution in [0.2, 0.25) is 0 Å². The number of aryl methyl sites for hydroxylation is 2. The van der Waals surface area contributed by atoms with E-state index in [4.69, 9.17) is 0 Å². The van der Waals surface area contributed by atoms with Crippen molar-refractivity contribution in [2.75, 3.05) is 0 Å². The van der Waals surface area contributed by atoms with Crippen molar-refractivity contribution in [3.05, 3.63) is 18.0 Å². The Hall–Kier alpha value is -1.85. The Morgan fingerprint density at radius 3 is 2.57 bits per heavy atom. The summed E-state index contributed by atoms with van der Waals surface area (Å²) in [6.45, 7) is 6.16. The minimum absolute atomic E-state index is 0.0497. The summed E-state index contributed by atoms with van der Waals surface area (Å²) < 4.78 is 1.68. The number of rotatable bonds is 7. The number of amides is 1. The molecule has 6 heteroatoms. The van der Waals surface area contributed by atoms with Crippen LogP contribution in [-0.2, 0) is 23.1 Å². The van der Waals surface area contributed by atoms with Crippen molar-refractivity contribution in [1.29, 1.82) is 0 Å². The molecule has 1 aromatic rings. The average molecular weight is 295 g/mol. The third kappa shape index (κ3) is 6.92. The molecule has 1 unspecified atom stereocenters. The quantitative estimate of drug-likeness (QED) is 0.802. The molecule has 1 heterocycles. The summed E-state index contributed by atoms with van der Waals surface area (Å²) in [6.07, 6.45) is 5.57. The fraction of sp³-hybridized carbons (Fsp3) is 0.667. The summed E-state index contributed by atoms with van der Waals surface area (Å²) in [6, 6.07) is -0.814. The third-order valence-electron chi connectivity index (χ3n) is 3.22. The van der Waals surface area contributed by atoms with Crippen molar-refractivity contribution in [3.8, 4) is 0 Å². The fourth-order valence-corrected chi connectivity index (χ4v) is 1.96. The number of carbonyl (C=O) groups excluding carboxylic acids is 1. The lowest BCUT2D eigenvalue weighted by Gasteiger charge is -2.21. The van der Waals surface area contributed by atoms with Gasteiger partial charge in [0.05, 0.1) is 6.20 Å². The molecule has 21 heavy (non-hydrogen) atoms. The molecular formula is C15H25N3O3. The molecule has 0 aliphatic heterocycles. The number of nitrogens with one attached hydrogen (secondary N) is 1. The Kier molecular flexibility index (Phi) is 5.93. The number of hydrogen-bond donors (Lipinski definition) is 2. The lowest BCUT2D eigenvalue weighted by Crippen LogP contribution is -2.41. The van der Waals surface area contributed by atoms with Gasteiger partial charge < -0.3 is 10.4 Å². The smallest absolute Gasteiger partial charge is 0.326 e. The summed E-state index contributed by atoms with van der Waals surface area (Å²) in [4.78, 5) is 23.1. The first-order valence-corrected chi connectivity index (χ1v) is 7.17. The average Bonchev–Trinajstić information content (AvgIpc) is 2.76. The van der Waals surface area contributed by atoms with Gasteiger partial charge in [0.1, 0.15) is 6.04 Å². The van der Waals surface area contributed by atoms with Gasteiger partial charge in [0, 0.05) is 19.7 Å². The zero-order valence-electron chi connectivity index (χ0n) is 13.2. The number of carboxylic acid groups (broad SMARTS) is 1. The summed E-state index contributed by atoms with van der Waals surface area (Å²) in [5.41, 5.74) is 1.02. The zero-order chi connectivity index (χ0) is 16.0. The largest absolute Gasteiger partial charge is 0.480 e. The summed E-state index contributed by atoms with van der Waals surface area (Å²) in [5.74, 6) is -1.21. The molecule has 0 radical (unpaired) electrons. The Labute approximate surface area is 125 Å². The maximum Gasteiger partial charge on any atom is 0.326 e. The van der Waals surface area contributed by atoms with Crippen LogP contribution in [0.15, 0.2) is 12.4 Å². The highest BCUT2D eigenvalue weighted by Gasteiger charge is 2.22. The molecule has 0 spiro atoms. The van der Waals surface area contributed by atoms with Gasteiger partial charge in [-0.2, -0.15) is 5.10 Å². The van der Waals surface area contributed by atoms with Gasteiger partial charge in [-0.3, -0.25) is 9.48 Å². The second kappa shape index (κ2) is 7.24. The molecule has 118 valence electrons. The number of hydrogen-bond acceptors (Lipinski definition) is 3. The van der Waals surface area contributed by atoms with E-state index in [1.807, 2.05) is 13.2 Å². The number of aromatic nitrogens is 2. The van der Waals surface area contributed by atoms with E-state index in [0.29, 0.717) is 12.8 Å². The molecule has 0 aliphatic carbocycles. The molecule has 0 bridgehead atoms. The van der Waals surface area contributed by atoms with Crippen LogP contribution in [0.5, 0.6) is 0 Å². The first kappa shape index (κ1) is 17.2. The minimum Gasteiger partial charge on any atom is -0.480 e. The van der Waals surface area contributed by atoms with Crippen molar-refractivity contribution in [2.45, 2.75) is 52.5 Å². The van der Waals surface area contributed by atoms with Gasteiger partial charge in [-0.05, 0) is 30.2 Å². The van der Waals surface area contributed by atoms with Gasteiger partial charge in [0.15, 0.2) is 0 Å². The molecule has 6 nitrogen and oxygen atoms in total. The normalized spacial score (nSPS) is 13.0. The predicted octanol–water partition coefficient (Wildman–Crippen LogP) is 1.75. The lowest BCUT2D eigenvalue weighted by molar-refractivity contribution is -0.142. The molecular weight excluding hydrogens is 270 g/mol. The Morgan fingerprint density at radius 1 is 1.43 bits per heavy atom. The zero-order valence-corrected chi connectivity index (χ0v) is 13.2. The minimum atomic E-state index is -0.978. The molecule has 0 aliphatic rings. The van der Waals surface area contributed by atoms with Crippen molar-refractivity contribution in [1.82, 2.24) is 15.1 Å². The lowest BCUT2D eigenvalue weighted by atomic mass is 9.88. The van der Waals surface area contributed by atoms with E-state index in [-0.39, 0.29) is 17.7 Å². The van der Waals surface area contributed by atoms with Crippen LogP contribution in [0.3, 0.4) is 0 Å².